The molecule has 0 aliphatic heterocycles. The van der Waals surface area contributed by atoms with Crippen LogP contribution in [-0.2, 0) is 0 Å². The van der Waals surface area contributed by atoms with Gasteiger partial charge in [-0.3, -0.25) is 0 Å². The van der Waals surface area contributed by atoms with Gasteiger partial charge >= 0.3 is 0 Å². The van der Waals surface area contributed by atoms with Gasteiger partial charge in [-0.15, -0.1) is 0 Å². The first-order valence-electron chi connectivity index (χ1n) is 5.30. The molecule has 0 bridgehead atoms. The average Bonchev–Trinajstić information content (AvgIpc) is 2.16. The molecule has 1 rings (SSSR count). The number of hydrogen-bond donors (Lipinski definition) is 1. The molecule has 78 valence electrons. The molecule has 1 unspecified atom stereocenters. The first-order chi connectivity index (χ1) is 6.52. The van der Waals surface area contributed by atoms with Gasteiger partial charge in [0.15, 0.2) is 0 Å². The Labute approximate surface area is 86.8 Å². The van der Waals surface area contributed by atoms with Crippen LogP contribution in [0.3, 0.4) is 0 Å². The van der Waals surface area contributed by atoms with E-state index in [0.717, 1.165) is 5.56 Å². The predicted octanol–water partition coefficient (Wildman–Crippen LogP) is 3.50. The molecule has 0 saturated carbocycles. The van der Waals surface area contributed by atoms with Crippen LogP contribution in [0.15, 0.2) is 24.3 Å². The summed E-state index contributed by atoms with van der Waals surface area (Å²) in [6.45, 7) is 8.41. The summed E-state index contributed by atoms with van der Waals surface area (Å²) in [4.78, 5) is 0. The highest BCUT2D eigenvalue weighted by Crippen LogP contribution is 2.23. The fourth-order valence-corrected chi connectivity index (χ4v) is 1.46. The summed E-state index contributed by atoms with van der Waals surface area (Å²) >= 11 is 0. The van der Waals surface area contributed by atoms with E-state index in [1.54, 1.807) is 0 Å². The summed E-state index contributed by atoms with van der Waals surface area (Å²) in [6, 6.07) is 8.26. The fraction of sp³-hybridized carbons (Fsp3) is 0.538. The van der Waals surface area contributed by atoms with Crippen LogP contribution in [0, 0.1) is 5.92 Å². The molecular weight excluding hydrogens is 172 g/mol. The van der Waals surface area contributed by atoms with E-state index >= 15 is 0 Å². The maximum atomic E-state index is 9.83. The van der Waals surface area contributed by atoms with Gasteiger partial charge in [0.05, 0.1) is 6.10 Å². The molecule has 1 aromatic rings. The van der Waals surface area contributed by atoms with Crippen LogP contribution in [0.4, 0.5) is 0 Å². The van der Waals surface area contributed by atoms with Crippen molar-refractivity contribution in [2.75, 3.05) is 0 Å². The van der Waals surface area contributed by atoms with Crippen molar-refractivity contribution in [3.63, 3.8) is 0 Å². The van der Waals surface area contributed by atoms with Crippen molar-refractivity contribution in [3.8, 4) is 0 Å². The zero-order chi connectivity index (χ0) is 10.7. The number of benzene rings is 1. The van der Waals surface area contributed by atoms with E-state index in [-0.39, 0.29) is 12.0 Å². The molecule has 0 fully saturated rings. The SMILES string of the molecule is CC(C)c1ccc(C(O)C(C)C)cc1. The Hall–Kier alpha value is -0.820. The molecular formula is C13H20O. The third kappa shape index (κ3) is 2.58. The van der Waals surface area contributed by atoms with Gasteiger partial charge in [-0.1, -0.05) is 52.0 Å². The van der Waals surface area contributed by atoms with Crippen LogP contribution < -0.4 is 0 Å². The molecule has 0 heterocycles. The van der Waals surface area contributed by atoms with E-state index in [1.165, 1.54) is 5.56 Å². The smallest absolute Gasteiger partial charge is 0.0812 e. The van der Waals surface area contributed by atoms with E-state index < -0.39 is 0 Å². The second-order valence-electron chi connectivity index (χ2n) is 4.51. The zero-order valence-corrected chi connectivity index (χ0v) is 9.49. The molecule has 1 N–H and O–H groups in total. The lowest BCUT2D eigenvalue weighted by atomic mass is 9.96. The van der Waals surface area contributed by atoms with Gasteiger partial charge in [-0.05, 0) is 23.0 Å². The normalized spacial score (nSPS) is 13.6. The molecule has 0 amide bonds. The van der Waals surface area contributed by atoms with Crippen molar-refractivity contribution in [2.24, 2.45) is 5.92 Å². The van der Waals surface area contributed by atoms with Crippen molar-refractivity contribution < 1.29 is 5.11 Å². The summed E-state index contributed by atoms with van der Waals surface area (Å²) in [6.07, 6.45) is -0.337. The Morgan fingerprint density at radius 2 is 1.29 bits per heavy atom. The zero-order valence-electron chi connectivity index (χ0n) is 9.49. The first-order valence-corrected chi connectivity index (χ1v) is 5.30. The van der Waals surface area contributed by atoms with Crippen molar-refractivity contribution in [1.82, 2.24) is 0 Å². The van der Waals surface area contributed by atoms with Crippen molar-refractivity contribution in [2.45, 2.75) is 39.7 Å². The quantitative estimate of drug-likeness (QED) is 0.777. The second kappa shape index (κ2) is 4.61. The molecule has 0 radical (unpaired) electrons. The molecule has 1 nitrogen and oxygen atoms in total. The van der Waals surface area contributed by atoms with Gasteiger partial charge in [0.2, 0.25) is 0 Å². The molecule has 0 aliphatic carbocycles. The first kappa shape index (κ1) is 11.3. The van der Waals surface area contributed by atoms with E-state index in [4.69, 9.17) is 0 Å². The Balaban J connectivity index is 2.83. The summed E-state index contributed by atoms with van der Waals surface area (Å²) < 4.78 is 0. The molecule has 1 aromatic carbocycles. The Bertz CT molecular complexity index is 272. The van der Waals surface area contributed by atoms with Crippen molar-refractivity contribution in [3.05, 3.63) is 35.4 Å². The minimum Gasteiger partial charge on any atom is -0.388 e. The maximum absolute atomic E-state index is 9.83. The van der Waals surface area contributed by atoms with Gasteiger partial charge in [0.25, 0.3) is 0 Å². The van der Waals surface area contributed by atoms with Gasteiger partial charge in [0, 0.05) is 0 Å². The van der Waals surface area contributed by atoms with Crippen molar-refractivity contribution in [1.29, 1.82) is 0 Å². The fourth-order valence-electron chi connectivity index (χ4n) is 1.46. The summed E-state index contributed by atoms with van der Waals surface area (Å²) in [5, 5.41) is 9.83. The maximum Gasteiger partial charge on any atom is 0.0812 e. The van der Waals surface area contributed by atoms with Gasteiger partial charge in [-0.2, -0.15) is 0 Å². The second-order valence-corrected chi connectivity index (χ2v) is 4.51. The van der Waals surface area contributed by atoms with Crippen LogP contribution in [0.5, 0.6) is 0 Å². The van der Waals surface area contributed by atoms with Crippen LogP contribution in [-0.4, -0.2) is 5.11 Å². The lowest BCUT2D eigenvalue weighted by Crippen LogP contribution is -2.05. The number of aliphatic hydroxyl groups excluding tert-OH is 1. The summed E-state index contributed by atoms with van der Waals surface area (Å²) in [7, 11) is 0. The van der Waals surface area contributed by atoms with Gasteiger partial charge in [-0.25, -0.2) is 0 Å². The molecule has 0 aromatic heterocycles. The highest BCUT2D eigenvalue weighted by atomic mass is 16.3. The third-order valence-electron chi connectivity index (χ3n) is 2.58. The van der Waals surface area contributed by atoms with E-state index in [2.05, 4.69) is 26.0 Å². The average molecular weight is 192 g/mol. The highest BCUT2D eigenvalue weighted by Gasteiger charge is 2.11. The molecule has 1 atom stereocenters. The Morgan fingerprint density at radius 3 is 1.64 bits per heavy atom. The lowest BCUT2D eigenvalue weighted by Gasteiger charge is -2.15. The van der Waals surface area contributed by atoms with E-state index in [9.17, 15) is 5.11 Å². The lowest BCUT2D eigenvalue weighted by molar-refractivity contribution is 0.127. The third-order valence-corrected chi connectivity index (χ3v) is 2.58. The predicted molar refractivity (Wildman–Crippen MR) is 60.3 cm³/mol. The molecule has 14 heavy (non-hydrogen) atoms. The van der Waals surface area contributed by atoms with E-state index in [0.29, 0.717) is 5.92 Å². The Morgan fingerprint density at radius 1 is 0.857 bits per heavy atom. The monoisotopic (exact) mass is 192 g/mol. The topological polar surface area (TPSA) is 20.2 Å². The largest absolute Gasteiger partial charge is 0.388 e. The van der Waals surface area contributed by atoms with E-state index in [1.807, 2.05) is 26.0 Å². The molecule has 1 heteroatoms. The molecule has 0 spiro atoms. The highest BCUT2D eigenvalue weighted by molar-refractivity contribution is 5.26. The summed E-state index contributed by atoms with van der Waals surface area (Å²) in [5.74, 6) is 0.833. The van der Waals surface area contributed by atoms with Gasteiger partial charge in [0.1, 0.15) is 0 Å². The van der Waals surface area contributed by atoms with Crippen LogP contribution in [0.25, 0.3) is 0 Å². The number of rotatable bonds is 3. The standard InChI is InChI=1S/C13H20O/c1-9(2)11-5-7-12(8-6-11)13(14)10(3)4/h5-10,13-14H,1-4H3. The summed E-state index contributed by atoms with van der Waals surface area (Å²) in [5.41, 5.74) is 2.34. The van der Waals surface area contributed by atoms with Crippen molar-refractivity contribution >= 4 is 0 Å². The molecule has 0 aliphatic rings. The minimum absolute atomic E-state index is 0.278. The molecule has 0 saturated heterocycles. The Kier molecular flexibility index (Phi) is 3.70. The van der Waals surface area contributed by atoms with Crippen LogP contribution in [0.1, 0.15) is 50.8 Å². The van der Waals surface area contributed by atoms with Crippen LogP contribution >= 0.6 is 0 Å². The number of aliphatic hydroxyl groups is 1. The number of hydrogen-bond acceptors (Lipinski definition) is 1. The van der Waals surface area contributed by atoms with Crippen LogP contribution in [0.2, 0.25) is 0 Å². The minimum atomic E-state index is -0.337. The van der Waals surface area contributed by atoms with Gasteiger partial charge < -0.3 is 5.11 Å².